The van der Waals surface area contributed by atoms with Crippen molar-refractivity contribution in [3.05, 3.63) is 82.0 Å². The first-order valence-corrected chi connectivity index (χ1v) is 10.5. The fourth-order valence-corrected chi connectivity index (χ4v) is 4.23. The number of benzene rings is 2. The van der Waals surface area contributed by atoms with Gasteiger partial charge in [-0.15, -0.1) is 0 Å². The highest BCUT2D eigenvalue weighted by atomic mass is 35.5. The second-order valence-electron chi connectivity index (χ2n) is 7.34. The molecule has 2 heterocycles. The molecule has 1 N–H and O–H groups in total. The standard InChI is InChI=1S/C23H24Cl2N2O/c24-19-12-18(13-20(25)14-19)23-7-6-22(28-23)15-26-21-8-10-27(11-9-21)16-17-4-2-1-3-5-17/h1-7,12-14,21,26H,8-11,15-16H2. The summed E-state index contributed by atoms with van der Waals surface area (Å²) in [7, 11) is 0. The molecule has 1 aliphatic rings. The van der Waals surface area contributed by atoms with Gasteiger partial charge in [0.2, 0.25) is 0 Å². The van der Waals surface area contributed by atoms with Crippen LogP contribution in [0.15, 0.2) is 65.1 Å². The Hall–Kier alpha value is -1.78. The van der Waals surface area contributed by atoms with Gasteiger partial charge < -0.3 is 9.73 Å². The summed E-state index contributed by atoms with van der Waals surface area (Å²) in [6.45, 7) is 4.02. The Balaban J connectivity index is 1.26. The molecule has 3 nitrogen and oxygen atoms in total. The minimum absolute atomic E-state index is 0.529. The lowest BCUT2D eigenvalue weighted by Crippen LogP contribution is -2.41. The number of hydrogen-bond donors (Lipinski definition) is 1. The molecule has 0 bridgehead atoms. The maximum absolute atomic E-state index is 6.09. The van der Waals surface area contributed by atoms with Crippen LogP contribution in [0, 0.1) is 0 Å². The first kappa shape index (κ1) is 19.5. The fourth-order valence-electron chi connectivity index (χ4n) is 3.71. The Kier molecular flexibility index (Phi) is 6.38. The Labute approximate surface area is 176 Å². The lowest BCUT2D eigenvalue weighted by atomic mass is 10.0. The second kappa shape index (κ2) is 9.15. The van der Waals surface area contributed by atoms with Crippen LogP contribution in [0.3, 0.4) is 0 Å². The minimum atomic E-state index is 0.529. The zero-order valence-corrected chi connectivity index (χ0v) is 17.2. The first-order chi connectivity index (χ1) is 13.7. The van der Waals surface area contributed by atoms with E-state index in [0.29, 0.717) is 16.1 Å². The molecule has 1 aromatic heterocycles. The zero-order chi connectivity index (χ0) is 19.3. The summed E-state index contributed by atoms with van der Waals surface area (Å²) >= 11 is 12.2. The summed E-state index contributed by atoms with van der Waals surface area (Å²) in [6, 6.07) is 20.7. The Morgan fingerprint density at radius 1 is 0.929 bits per heavy atom. The molecule has 28 heavy (non-hydrogen) atoms. The molecule has 3 aromatic rings. The summed E-state index contributed by atoms with van der Waals surface area (Å²) in [6.07, 6.45) is 2.31. The van der Waals surface area contributed by atoms with Gasteiger partial charge in [0.25, 0.3) is 0 Å². The molecule has 0 saturated carbocycles. The molecule has 0 spiro atoms. The van der Waals surface area contributed by atoms with E-state index in [1.165, 1.54) is 5.56 Å². The molecule has 0 aliphatic carbocycles. The summed E-state index contributed by atoms with van der Waals surface area (Å²) in [5.41, 5.74) is 2.29. The van der Waals surface area contributed by atoms with E-state index >= 15 is 0 Å². The SMILES string of the molecule is Clc1cc(Cl)cc(-c2ccc(CNC3CCN(Cc4ccccc4)CC3)o2)c1. The topological polar surface area (TPSA) is 28.4 Å². The fraction of sp³-hybridized carbons (Fsp3) is 0.304. The molecule has 5 heteroatoms. The van der Waals surface area contributed by atoms with Crippen molar-refractivity contribution in [1.29, 1.82) is 0 Å². The Bertz CT molecular complexity index is 882. The summed E-state index contributed by atoms with van der Waals surface area (Å²) < 4.78 is 5.98. The van der Waals surface area contributed by atoms with E-state index in [9.17, 15) is 0 Å². The lowest BCUT2D eigenvalue weighted by molar-refractivity contribution is 0.189. The highest BCUT2D eigenvalue weighted by molar-refractivity contribution is 6.35. The van der Waals surface area contributed by atoms with Crippen LogP contribution < -0.4 is 5.32 Å². The van der Waals surface area contributed by atoms with Crippen molar-refractivity contribution < 1.29 is 4.42 Å². The number of likely N-dealkylation sites (tertiary alicyclic amines) is 1. The quantitative estimate of drug-likeness (QED) is 0.535. The van der Waals surface area contributed by atoms with Gasteiger partial charge in [0.05, 0.1) is 6.54 Å². The predicted molar refractivity (Wildman–Crippen MR) is 116 cm³/mol. The van der Waals surface area contributed by atoms with Crippen LogP contribution in [0.25, 0.3) is 11.3 Å². The molecular formula is C23H24Cl2N2O. The van der Waals surface area contributed by atoms with E-state index in [1.807, 2.05) is 24.3 Å². The van der Waals surface area contributed by atoms with Gasteiger partial charge in [-0.05, 0) is 61.8 Å². The summed E-state index contributed by atoms with van der Waals surface area (Å²) in [4.78, 5) is 2.53. The molecule has 4 rings (SSSR count). The molecule has 0 unspecified atom stereocenters. The summed E-state index contributed by atoms with van der Waals surface area (Å²) in [5.74, 6) is 1.72. The van der Waals surface area contributed by atoms with Crippen LogP contribution in [0.1, 0.15) is 24.2 Å². The molecule has 0 amide bonds. The number of nitrogens with zero attached hydrogens (tertiary/aromatic N) is 1. The largest absolute Gasteiger partial charge is 0.460 e. The number of hydrogen-bond acceptors (Lipinski definition) is 3. The molecular weight excluding hydrogens is 391 g/mol. The average Bonchev–Trinajstić information content (AvgIpc) is 3.17. The van der Waals surface area contributed by atoms with E-state index in [1.54, 1.807) is 6.07 Å². The van der Waals surface area contributed by atoms with Crippen molar-refractivity contribution >= 4 is 23.2 Å². The van der Waals surface area contributed by atoms with E-state index in [4.69, 9.17) is 27.6 Å². The van der Waals surface area contributed by atoms with Gasteiger partial charge in [-0.1, -0.05) is 53.5 Å². The monoisotopic (exact) mass is 414 g/mol. The van der Waals surface area contributed by atoms with Gasteiger partial charge in [-0.2, -0.15) is 0 Å². The molecule has 0 radical (unpaired) electrons. The van der Waals surface area contributed by atoms with Crippen molar-refractivity contribution in [1.82, 2.24) is 10.2 Å². The Morgan fingerprint density at radius 3 is 2.36 bits per heavy atom. The number of nitrogens with one attached hydrogen (secondary N) is 1. The third-order valence-corrected chi connectivity index (χ3v) is 5.65. The molecule has 1 saturated heterocycles. The van der Waals surface area contributed by atoms with E-state index < -0.39 is 0 Å². The lowest BCUT2D eigenvalue weighted by Gasteiger charge is -2.32. The first-order valence-electron chi connectivity index (χ1n) is 9.70. The minimum Gasteiger partial charge on any atom is -0.460 e. The third kappa shape index (κ3) is 5.18. The van der Waals surface area contributed by atoms with Crippen LogP contribution in [0.5, 0.6) is 0 Å². The van der Waals surface area contributed by atoms with Crippen LogP contribution in [-0.2, 0) is 13.1 Å². The van der Waals surface area contributed by atoms with Crippen molar-refractivity contribution in [2.45, 2.75) is 32.0 Å². The third-order valence-electron chi connectivity index (χ3n) is 5.21. The normalized spacial score (nSPS) is 15.8. The van der Waals surface area contributed by atoms with Crippen molar-refractivity contribution in [3.63, 3.8) is 0 Å². The molecule has 1 aliphatic heterocycles. The number of furan rings is 1. The van der Waals surface area contributed by atoms with E-state index in [2.05, 4.69) is 40.5 Å². The zero-order valence-electron chi connectivity index (χ0n) is 15.7. The van der Waals surface area contributed by atoms with Crippen LogP contribution in [0.2, 0.25) is 10.0 Å². The van der Waals surface area contributed by atoms with Crippen LogP contribution >= 0.6 is 23.2 Å². The van der Waals surface area contributed by atoms with Crippen molar-refractivity contribution in [2.75, 3.05) is 13.1 Å². The van der Waals surface area contributed by atoms with Gasteiger partial charge >= 0.3 is 0 Å². The van der Waals surface area contributed by atoms with Gasteiger partial charge in [0.15, 0.2) is 0 Å². The van der Waals surface area contributed by atoms with Gasteiger partial charge in [0, 0.05) is 28.2 Å². The number of piperidine rings is 1. The highest BCUT2D eigenvalue weighted by Gasteiger charge is 2.19. The van der Waals surface area contributed by atoms with Crippen LogP contribution in [0.4, 0.5) is 0 Å². The van der Waals surface area contributed by atoms with Gasteiger partial charge in [-0.3, -0.25) is 4.90 Å². The number of rotatable bonds is 6. The van der Waals surface area contributed by atoms with Gasteiger partial charge in [-0.25, -0.2) is 0 Å². The highest BCUT2D eigenvalue weighted by Crippen LogP contribution is 2.28. The van der Waals surface area contributed by atoms with E-state index in [0.717, 1.165) is 56.1 Å². The molecule has 2 aromatic carbocycles. The van der Waals surface area contributed by atoms with Crippen molar-refractivity contribution in [2.24, 2.45) is 0 Å². The maximum Gasteiger partial charge on any atom is 0.134 e. The molecule has 1 fully saturated rings. The smallest absolute Gasteiger partial charge is 0.134 e. The second-order valence-corrected chi connectivity index (χ2v) is 8.21. The van der Waals surface area contributed by atoms with Gasteiger partial charge in [0.1, 0.15) is 11.5 Å². The van der Waals surface area contributed by atoms with Crippen LogP contribution in [-0.4, -0.2) is 24.0 Å². The summed E-state index contributed by atoms with van der Waals surface area (Å²) in [5, 5.41) is 4.86. The molecule has 0 atom stereocenters. The average molecular weight is 415 g/mol. The Morgan fingerprint density at radius 2 is 1.64 bits per heavy atom. The molecule has 146 valence electrons. The maximum atomic E-state index is 6.09. The number of halogens is 2. The predicted octanol–water partition coefficient (Wildman–Crippen LogP) is 6.01. The van der Waals surface area contributed by atoms with E-state index in [-0.39, 0.29) is 0 Å². The van der Waals surface area contributed by atoms with Crippen molar-refractivity contribution in [3.8, 4) is 11.3 Å².